The highest BCUT2D eigenvalue weighted by Gasteiger charge is 2.14. The predicted molar refractivity (Wildman–Crippen MR) is 88.2 cm³/mol. The second-order valence-corrected chi connectivity index (χ2v) is 5.54. The molecule has 0 aromatic heterocycles. The first-order chi connectivity index (χ1) is 11.0. The number of hydrogen-bond donors (Lipinski definition) is 0. The molecule has 1 rings (SSSR count). The lowest BCUT2D eigenvalue weighted by atomic mass is 10.1. The summed E-state index contributed by atoms with van der Waals surface area (Å²) in [4.78, 5) is 25.2. The van der Waals surface area contributed by atoms with Crippen LogP contribution in [0.3, 0.4) is 0 Å². The molecule has 0 radical (unpaired) electrons. The molecule has 0 aliphatic rings. The third kappa shape index (κ3) is 6.35. The maximum Gasteiger partial charge on any atom is 0.307 e. The second kappa shape index (κ2) is 9.42. The predicted octanol–water partition coefficient (Wildman–Crippen LogP) is 2.62. The van der Waals surface area contributed by atoms with Gasteiger partial charge in [-0.2, -0.15) is 5.26 Å². The Morgan fingerprint density at radius 3 is 2.65 bits per heavy atom. The van der Waals surface area contributed by atoms with Crippen molar-refractivity contribution in [3.05, 3.63) is 41.5 Å². The van der Waals surface area contributed by atoms with Crippen LogP contribution in [-0.2, 0) is 14.3 Å². The Balaban J connectivity index is 2.81. The minimum Gasteiger partial charge on any atom is -0.469 e. The van der Waals surface area contributed by atoms with Crippen molar-refractivity contribution in [1.29, 1.82) is 5.26 Å². The van der Waals surface area contributed by atoms with Crippen LogP contribution < -0.4 is 0 Å². The first-order valence-electron chi connectivity index (χ1n) is 7.50. The fourth-order valence-corrected chi connectivity index (χ4v) is 2.07. The van der Waals surface area contributed by atoms with Crippen LogP contribution in [0.4, 0.5) is 0 Å². The number of nitrogens with zero attached hydrogens (tertiary/aromatic N) is 2. The number of carbonyl (C=O) groups excluding carboxylic acids is 2. The number of esters is 1. The van der Waals surface area contributed by atoms with Crippen LogP contribution in [0.2, 0.25) is 0 Å². The average Bonchev–Trinajstić information content (AvgIpc) is 2.55. The number of amides is 1. The Morgan fingerprint density at radius 2 is 2.04 bits per heavy atom. The normalized spacial score (nSPS) is 10.6. The van der Waals surface area contributed by atoms with E-state index in [1.807, 2.05) is 19.9 Å². The van der Waals surface area contributed by atoms with Gasteiger partial charge in [0.25, 0.3) is 0 Å². The van der Waals surface area contributed by atoms with Crippen LogP contribution >= 0.6 is 0 Å². The summed E-state index contributed by atoms with van der Waals surface area (Å²) >= 11 is 0. The molecule has 1 aromatic rings. The Kier molecular flexibility index (Phi) is 7.55. The number of rotatable bonds is 7. The van der Waals surface area contributed by atoms with E-state index >= 15 is 0 Å². The standard InChI is InChI=1S/C18H22N2O3/c1-14(2)13-20(11-10-18(22)23-3)17(21)9-8-15-6-4-5-7-16(15)12-19/h4-9,14H,10-11,13H2,1-3H3/b9-8+. The van der Waals surface area contributed by atoms with E-state index in [1.165, 1.54) is 13.2 Å². The zero-order valence-electron chi connectivity index (χ0n) is 13.8. The van der Waals surface area contributed by atoms with Gasteiger partial charge < -0.3 is 9.64 Å². The minimum absolute atomic E-state index is 0.164. The molecular formula is C18H22N2O3. The fraction of sp³-hybridized carbons (Fsp3) is 0.389. The van der Waals surface area contributed by atoms with Crippen LogP contribution in [0.5, 0.6) is 0 Å². The number of hydrogen-bond acceptors (Lipinski definition) is 4. The monoisotopic (exact) mass is 314 g/mol. The van der Waals surface area contributed by atoms with Gasteiger partial charge in [0.2, 0.25) is 5.91 Å². The quantitative estimate of drug-likeness (QED) is 0.573. The van der Waals surface area contributed by atoms with Crippen LogP contribution in [0.25, 0.3) is 6.08 Å². The molecule has 1 aromatic carbocycles. The van der Waals surface area contributed by atoms with E-state index in [9.17, 15) is 9.59 Å². The smallest absolute Gasteiger partial charge is 0.307 e. The maximum absolute atomic E-state index is 12.4. The summed E-state index contributed by atoms with van der Waals surface area (Å²) in [6.07, 6.45) is 3.24. The molecule has 0 aliphatic carbocycles. The summed E-state index contributed by atoms with van der Waals surface area (Å²) in [5.74, 6) is -0.239. The summed E-state index contributed by atoms with van der Waals surface area (Å²) in [6, 6.07) is 9.16. The topological polar surface area (TPSA) is 70.4 Å². The third-order valence-corrected chi connectivity index (χ3v) is 3.20. The molecule has 0 heterocycles. The zero-order valence-corrected chi connectivity index (χ0v) is 13.8. The second-order valence-electron chi connectivity index (χ2n) is 5.54. The highest BCUT2D eigenvalue weighted by atomic mass is 16.5. The van der Waals surface area contributed by atoms with Crippen molar-refractivity contribution >= 4 is 18.0 Å². The van der Waals surface area contributed by atoms with Gasteiger partial charge in [-0.25, -0.2) is 0 Å². The van der Waals surface area contributed by atoms with Gasteiger partial charge in [0.05, 0.1) is 25.2 Å². The molecule has 5 nitrogen and oxygen atoms in total. The van der Waals surface area contributed by atoms with Gasteiger partial charge in [0.15, 0.2) is 0 Å². The molecule has 0 saturated heterocycles. The highest BCUT2D eigenvalue weighted by molar-refractivity contribution is 5.92. The van der Waals surface area contributed by atoms with E-state index < -0.39 is 0 Å². The Morgan fingerprint density at radius 1 is 1.35 bits per heavy atom. The highest BCUT2D eigenvalue weighted by Crippen LogP contribution is 2.10. The summed E-state index contributed by atoms with van der Waals surface area (Å²) in [5.41, 5.74) is 1.21. The summed E-state index contributed by atoms with van der Waals surface area (Å²) in [6.45, 7) is 4.88. The van der Waals surface area contributed by atoms with Crippen molar-refractivity contribution in [2.75, 3.05) is 20.2 Å². The first kappa shape index (κ1) is 18.4. The maximum atomic E-state index is 12.4. The number of ether oxygens (including phenoxy) is 1. The van der Waals surface area contributed by atoms with E-state index in [0.717, 1.165) is 0 Å². The van der Waals surface area contributed by atoms with E-state index in [0.29, 0.717) is 24.2 Å². The molecule has 1 amide bonds. The van der Waals surface area contributed by atoms with Crippen LogP contribution in [-0.4, -0.2) is 37.0 Å². The van der Waals surface area contributed by atoms with Gasteiger partial charge in [-0.1, -0.05) is 32.0 Å². The Labute approximate surface area is 137 Å². The van der Waals surface area contributed by atoms with Gasteiger partial charge in [-0.05, 0) is 23.6 Å². The van der Waals surface area contributed by atoms with Gasteiger partial charge >= 0.3 is 5.97 Å². The molecule has 0 aliphatic heterocycles. The largest absolute Gasteiger partial charge is 0.469 e. The van der Waals surface area contributed by atoms with Gasteiger partial charge in [0, 0.05) is 19.2 Å². The number of methoxy groups -OCH3 is 1. The molecule has 0 saturated carbocycles. The van der Waals surface area contributed by atoms with Crippen LogP contribution in [0.15, 0.2) is 30.3 Å². The molecule has 122 valence electrons. The third-order valence-electron chi connectivity index (χ3n) is 3.20. The number of nitriles is 1. The van der Waals surface area contributed by atoms with Crippen molar-refractivity contribution in [3.8, 4) is 6.07 Å². The number of benzene rings is 1. The van der Waals surface area contributed by atoms with Gasteiger partial charge in [-0.15, -0.1) is 0 Å². The lowest BCUT2D eigenvalue weighted by Gasteiger charge is -2.22. The minimum atomic E-state index is -0.342. The SMILES string of the molecule is COC(=O)CCN(CC(C)C)C(=O)/C=C/c1ccccc1C#N. The first-order valence-corrected chi connectivity index (χ1v) is 7.50. The summed E-state index contributed by atoms with van der Waals surface area (Å²) in [5, 5.41) is 9.05. The van der Waals surface area contributed by atoms with Crippen molar-refractivity contribution in [3.63, 3.8) is 0 Å². The van der Waals surface area contributed by atoms with Gasteiger partial charge in [0.1, 0.15) is 0 Å². The van der Waals surface area contributed by atoms with Crippen molar-refractivity contribution in [2.45, 2.75) is 20.3 Å². The molecule has 0 spiro atoms. The molecule has 23 heavy (non-hydrogen) atoms. The molecule has 0 fully saturated rings. The lowest BCUT2D eigenvalue weighted by molar-refractivity contribution is -0.141. The van der Waals surface area contributed by atoms with Crippen molar-refractivity contribution < 1.29 is 14.3 Å². The van der Waals surface area contributed by atoms with E-state index in [4.69, 9.17) is 5.26 Å². The van der Waals surface area contributed by atoms with Crippen molar-refractivity contribution in [2.24, 2.45) is 5.92 Å². The van der Waals surface area contributed by atoms with Crippen LogP contribution in [0, 0.1) is 17.2 Å². The molecule has 5 heteroatoms. The summed E-state index contributed by atoms with van der Waals surface area (Å²) in [7, 11) is 1.33. The van der Waals surface area contributed by atoms with Crippen molar-refractivity contribution in [1.82, 2.24) is 4.90 Å². The average molecular weight is 314 g/mol. The van der Waals surface area contributed by atoms with E-state index in [2.05, 4.69) is 10.8 Å². The lowest BCUT2D eigenvalue weighted by Crippen LogP contribution is -2.34. The van der Waals surface area contributed by atoms with E-state index in [-0.39, 0.29) is 24.2 Å². The molecular weight excluding hydrogens is 292 g/mol. The molecule has 0 atom stereocenters. The zero-order chi connectivity index (χ0) is 17.2. The Hall–Kier alpha value is -2.61. The number of carbonyl (C=O) groups is 2. The molecule has 0 N–H and O–H groups in total. The van der Waals surface area contributed by atoms with E-state index in [1.54, 1.807) is 29.2 Å². The molecule has 0 unspecified atom stereocenters. The van der Waals surface area contributed by atoms with Crippen LogP contribution in [0.1, 0.15) is 31.4 Å². The Bertz CT molecular complexity index is 615. The summed E-state index contributed by atoms with van der Waals surface area (Å²) < 4.78 is 4.61. The van der Waals surface area contributed by atoms with Gasteiger partial charge in [-0.3, -0.25) is 9.59 Å². The fourth-order valence-electron chi connectivity index (χ4n) is 2.07. The molecule has 0 bridgehead atoms.